The predicted molar refractivity (Wildman–Crippen MR) is 101 cm³/mol. The van der Waals surface area contributed by atoms with Crippen LogP contribution in [0.1, 0.15) is 19.8 Å². The van der Waals surface area contributed by atoms with E-state index in [1.807, 2.05) is 12.1 Å². The van der Waals surface area contributed by atoms with Crippen molar-refractivity contribution in [2.24, 2.45) is 5.92 Å². The highest BCUT2D eigenvalue weighted by Crippen LogP contribution is 2.33. The number of nitrogens with two attached hydrogens (primary N) is 1. The van der Waals surface area contributed by atoms with Gasteiger partial charge in [-0.25, -0.2) is 9.97 Å². The Bertz CT molecular complexity index is 852. The number of piperidine rings is 1. The Morgan fingerprint density at radius 3 is 2.96 bits per heavy atom. The zero-order valence-electron chi connectivity index (χ0n) is 13.4. The van der Waals surface area contributed by atoms with Gasteiger partial charge in [-0.3, -0.25) is 9.69 Å². The highest BCUT2D eigenvalue weighted by molar-refractivity contribution is 7.24. The molecule has 2 aromatic heterocycles. The van der Waals surface area contributed by atoms with Crippen molar-refractivity contribution in [1.82, 2.24) is 14.9 Å². The molecule has 6 nitrogen and oxygen atoms in total. The number of hydrogen-bond donors (Lipinski definition) is 2. The van der Waals surface area contributed by atoms with Gasteiger partial charge in [-0.2, -0.15) is 0 Å². The first-order valence-corrected chi connectivity index (χ1v) is 9.69. The van der Waals surface area contributed by atoms with Crippen molar-refractivity contribution in [3.8, 4) is 0 Å². The number of benzene rings is 1. The van der Waals surface area contributed by atoms with Gasteiger partial charge in [0.15, 0.2) is 10.3 Å². The second kappa shape index (κ2) is 6.27. The molecule has 1 unspecified atom stereocenters. The summed E-state index contributed by atoms with van der Waals surface area (Å²) in [5.41, 5.74) is 7.45. The molecule has 0 bridgehead atoms. The molecule has 0 radical (unpaired) electrons. The van der Waals surface area contributed by atoms with E-state index in [1.54, 1.807) is 0 Å². The fourth-order valence-corrected chi connectivity index (χ4v) is 4.95. The molecule has 0 saturated carbocycles. The summed E-state index contributed by atoms with van der Waals surface area (Å²) >= 11 is 2.95. The lowest BCUT2D eigenvalue weighted by Gasteiger charge is -2.29. The Labute approximate surface area is 147 Å². The lowest BCUT2D eigenvalue weighted by atomic mass is 10.0. The van der Waals surface area contributed by atoms with Crippen LogP contribution in [-0.4, -0.2) is 40.4 Å². The minimum Gasteiger partial charge on any atom is -0.375 e. The zero-order valence-corrected chi connectivity index (χ0v) is 15.0. The van der Waals surface area contributed by atoms with Crippen molar-refractivity contribution in [2.45, 2.75) is 19.8 Å². The number of carbonyl (C=O) groups is 1. The minimum atomic E-state index is 0.00679. The maximum absolute atomic E-state index is 12.3. The maximum Gasteiger partial charge on any atom is 0.240 e. The molecule has 1 aliphatic heterocycles. The van der Waals surface area contributed by atoms with E-state index in [-0.39, 0.29) is 5.91 Å². The van der Waals surface area contributed by atoms with Crippen LogP contribution in [0.4, 0.5) is 10.3 Å². The molecule has 126 valence electrons. The summed E-state index contributed by atoms with van der Waals surface area (Å²) < 4.78 is 2.08. The van der Waals surface area contributed by atoms with Crippen LogP contribution in [0, 0.1) is 5.92 Å². The summed E-state index contributed by atoms with van der Waals surface area (Å²) in [7, 11) is 0. The summed E-state index contributed by atoms with van der Waals surface area (Å²) in [6.07, 6.45) is 2.42. The summed E-state index contributed by atoms with van der Waals surface area (Å²) in [5, 5.41) is 4.14. The molecule has 3 heterocycles. The third-order valence-electron chi connectivity index (χ3n) is 4.27. The average Bonchev–Trinajstić information content (AvgIpc) is 3.04. The number of amides is 1. The highest BCUT2D eigenvalue weighted by atomic mass is 32.1. The van der Waals surface area contributed by atoms with Crippen molar-refractivity contribution in [3.63, 3.8) is 0 Å². The van der Waals surface area contributed by atoms with Crippen LogP contribution < -0.4 is 11.1 Å². The number of hydrogen-bond acceptors (Lipinski definition) is 7. The molecule has 0 aliphatic carbocycles. The number of nitrogen functional groups attached to an aromatic ring is 1. The lowest BCUT2D eigenvalue weighted by Crippen LogP contribution is -2.39. The van der Waals surface area contributed by atoms with Crippen LogP contribution in [0.25, 0.3) is 20.4 Å². The quantitative estimate of drug-likeness (QED) is 0.748. The molecule has 3 aromatic rings. The Morgan fingerprint density at radius 2 is 2.12 bits per heavy atom. The van der Waals surface area contributed by atoms with Crippen molar-refractivity contribution >= 4 is 59.3 Å². The van der Waals surface area contributed by atoms with Gasteiger partial charge in [-0.05, 0) is 37.4 Å². The number of nitrogens with one attached hydrogen (secondary N) is 1. The van der Waals surface area contributed by atoms with Crippen LogP contribution in [0.2, 0.25) is 0 Å². The molecule has 1 fully saturated rings. The molecule has 1 saturated heterocycles. The van der Waals surface area contributed by atoms with E-state index < -0.39 is 0 Å². The molecule has 1 atom stereocenters. The van der Waals surface area contributed by atoms with Crippen LogP contribution >= 0.6 is 22.7 Å². The molecule has 1 amide bonds. The second-order valence-electron chi connectivity index (χ2n) is 6.39. The summed E-state index contributed by atoms with van der Waals surface area (Å²) in [6, 6.07) is 3.97. The van der Waals surface area contributed by atoms with Gasteiger partial charge in [0, 0.05) is 6.54 Å². The van der Waals surface area contributed by atoms with E-state index in [1.165, 1.54) is 35.5 Å². The van der Waals surface area contributed by atoms with Crippen molar-refractivity contribution in [3.05, 3.63) is 12.1 Å². The van der Waals surface area contributed by atoms with Gasteiger partial charge in [-0.15, -0.1) is 0 Å². The summed E-state index contributed by atoms with van der Waals surface area (Å²) in [4.78, 5) is 23.3. The van der Waals surface area contributed by atoms with Gasteiger partial charge in [0.25, 0.3) is 0 Å². The van der Waals surface area contributed by atoms with Crippen LogP contribution in [0.5, 0.6) is 0 Å². The topological polar surface area (TPSA) is 84.1 Å². The molecule has 24 heavy (non-hydrogen) atoms. The standard InChI is InChI=1S/C16H19N5OS2/c1-9-3-2-4-21(7-9)8-14(22)20-16-19-11-5-10-12(6-13(11)24-16)23-15(17)18-10/h5-6,9H,2-4,7-8H2,1H3,(H2,17,18)(H,19,20,22). The fraction of sp³-hybridized carbons (Fsp3) is 0.438. The van der Waals surface area contributed by atoms with Crippen LogP contribution in [0.3, 0.4) is 0 Å². The van der Waals surface area contributed by atoms with Crippen LogP contribution in [0.15, 0.2) is 12.1 Å². The van der Waals surface area contributed by atoms with E-state index >= 15 is 0 Å². The van der Waals surface area contributed by atoms with Crippen molar-refractivity contribution in [2.75, 3.05) is 30.7 Å². The Kier molecular flexibility index (Phi) is 4.11. The normalized spacial score (nSPS) is 19.1. The monoisotopic (exact) mass is 361 g/mol. The molecule has 4 rings (SSSR count). The fourth-order valence-electron chi connectivity index (χ4n) is 3.21. The lowest BCUT2D eigenvalue weighted by molar-refractivity contribution is -0.117. The molecule has 3 N–H and O–H groups in total. The number of thiazole rings is 2. The molecule has 1 aromatic carbocycles. The van der Waals surface area contributed by atoms with Gasteiger partial charge in [-0.1, -0.05) is 29.6 Å². The zero-order chi connectivity index (χ0) is 16.7. The first-order valence-electron chi connectivity index (χ1n) is 8.05. The van der Waals surface area contributed by atoms with Gasteiger partial charge in [0.1, 0.15) is 0 Å². The number of likely N-dealkylation sites (tertiary alicyclic amines) is 1. The van der Waals surface area contributed by atoms with E-state index in [9.17, 15) is 4.79 Å². The SMILES string of the molecule is CC1CCCN(CC(=O)Nc2nc3cc4nc(N)sc4cc3s2)C1. The highest BCUT2D eigenvalue weighted by Gasteiger charge is 2.19. The van der Waals surface area contributed by atoms with Gasteiger partial charge in [0.2, 0.25) is 5.91 Å². The number of nitrogens with zero attached hydrogens (tertiary/aromatic N) is 3. The predicted octanol–water partition coefficient (Wildman–Crippen LogP) is 3.16. The minimum absolute atomic E-state index is 0.00679. The van der Waals surface area contributed by atoms with E-state index in [2.05, 4.69) is 27.1 Å². The molecule has 0 spiro atoms. The average molecular weight is 361 g/mol. The van der Waals surface area contributed by atoms with E-state index in [0.717, 1.165) is 33.5 Å². The second-order valence-corrected chi connectivity index (χ2v) is 8.48. The number of anilines is 2. The molecule has 8 heteroatoms. The van der Waals surface area contributed by atoms with E-state index in [4.69, 9.17) is 5.73 Å². The largest absolute Gasteiger partial charge is 0.375 e. The van der Waals surface area contributed by atoms with Gasteiger partial charge in [0.05, 0.1) is 27.0 Å². The first-order chi connectivity index (χ1) is 11.6. The van der Waals surface area contributed by atoms with E-state index in [0.29, 0.717) is 22.7 Å². The molecular weight excluding hydrogens is 342 g/mol. The number of rotatable bonds is 3. The number of carbonyl (C=O) groups excluding carboxylic acids is 1. The van der Waals surface area contributed by atoms with Gasteiger partial charge >= 0.3 is 0 Å². The Balaban J connectivity index is 1.48. The molecule has 1 aliphatic rings. The Hall–Kier alpha value is -1.77. The first kappa shape index (κ1) is 15.7. The third-order valence-corrected chi connectivity index (χ3v) is 6.05. The number of fused-ring (bicyclic) bond motifs is 2. The summed E-state index contributed by atoms with van der Waals surface area (Å²) in [5.74, 6) is 0.675. The smallest absolute Gasteiger partial charge is 0.240 e. The number of aromatic nitrogens is 2. The maximum atomic E-state index is 12.3. The Morgan fingerprint density at radius 1 is 1.33 bits per heavy atom. The van der Waals surface area contributed by atoms with Crippen molar-refractivity contribution in [1.29, 1.82) is 0 Å². The summed E-state index contributed by atoms with van der Waals surface area (Å²) in [6.45, 7) is 4.68. The molecular formula is C16H19N5OS2. The van der Waals surface area contributed by atoms with Crippen LogP contribution in [-0.2, 0) is 4.79 Å². The third kappa shape index (κ3) is 3.22. The van der Waals surface area contributed by atoms with Crippen molar-refractivity contribution < 1.29 is 4.79 Å². The van der Waals surface area contributed by atoms with Gasteiger partial charge < -0.3 is 11.1 Å².